The lowest BCUT2D eigenvalue weighted by atomic mass is 9.89. The van der Waals surface area contributed by atoms with Crippen LogP contribution in [-0.2, 0) is 9.84 Å². The maximum Gasteiger partial charge on any atom is 0.148 e. The van der Waals surface area contributed by atoms with E-state index in [0.29, 0.717) is 13.1 Å². The normalized spacial score (nSPS) is 25.9. The molecule has 5 nitrogen and oxygen atoms in total. The fourth-order valence-corrected chi connectivity index (χ4v) is 3.66. The van der Waals surface area contributed by atoms with Crippen molar-refractivity contribution >= 4 is 9.84 Å². The molecule has 0 bridgehead atoms. The predicted octanol–water partition coefficient (Wildman–Crippen LogP) is 0.556. The van der Waals surface area contributed by atoms with Gasteiger partial charge in [0.25, 0.3) is 0 Å². The van der Waals surface area contributed by atoms with Crippen LogP contribution >= 0.6 is 0 Å². The molecule has 0 aromatic heterocycles. The van der Waals surface area contributed by atoms with Crippen LogP contribution < -0.4 is 5.73 Å². The number of nitrogens with two attached hydrogens (primary N) is 1. The zero-order valence-corrected chi connectivity index (χ0v) is 14.1. The van der Waals surface area contributed by atoms with Crippen molar-refractivity contribution in [2.24, 2.45) is 5.73 Å². The van der Waals surface area contributed by atoms with Crippen LogP contribution in [0, 0.1) is 0 Å². The van der Waals surface area contributed by atoms with E-state index in [0.717, 1.165) is 38.9 Å². The molecule has 20 heavy (non-hydrogen) atoms. The van der Waals surface area contributed by atoms with Gasteiger partial charge in [0.2, 0.25) is 0 Å². The summed E-state index contributed by atoms with van der Waals surface area (Å²) < 4.78 is 22.7. The van der Waals surface area contributed by atoms with Gasteiger partial charge in [-0.3, -0.25) is 4.90 Å². The van der Waals surface area contributed by atoms with Gasteiger partial charge in [0.05, 0.1) is 5.75 Å². The molecule has 1 saturated heterocycles. The van der Waals surface area contributed by atoms with Crippen LogP contribution in [0.1, 0.15) is 32.6 Å². The van der Waals surface area contributed by atoms with Crippen LogP contribution in [0.3, 0.4) is 0 Å². The molecule has 120 valence electrons. The molecule has 6 heteroatoms. The topological polar surface area (TPSA) is 66.6 Å². The largest absolute Gasteiger partial charge is 0.329 e. The highest BCUT2D eigenvalue weighted by Gasteiger charge is 2.35. The Bertz CT molecular complexity index is 386. The van der Waals surface area contributed by atoms with Crippen LogP contribution in [0.4, 0.5) is 0 Å². The van der Waals surface area contributed by atoms with Crippen molar-refractivity contribution in [1.82, 2.24) is 9.80 Å². The molecule has 0 saturated carbocycles. The van der Waals surface area contributed by atoms with Gasteiger partial charge in [-0.25, -0.2) is 8.42 Å². The first-order chi connectivity index (χ1) is 9.33. The van der Waals surface area contributed by atoms with E-state index >= 15 is 0 Å². The smallest absolute Gasteiger partial charge is 0.148 e. The third kappa shape index (κ3) is 5.31. The molecule has 1 aliphatic rings. The van der Waals surface area contributed by atoms with Gasteiger partial charge in [-0.05, 0) is 52.4 Å². The average Bonchev–Trinajstić information content (AvgIpc) is 2.59. The van der Waals surface area contributed by atoms with Gasteiger partial charge in [0.15, 0.2) is 0 Å². The minimum absolute atomic E-state index is 0.0345. The fraction of sp³-hybridized carbons (Fsp3) is 1.00. The standard InChI is InChI=1S/C14H31N3O2S/c1-4-8-17-9-5-6-14(13-15,7-10-17)16(2)11-12-20(3,18)19/h4-13,15H2,1-3H3. The Morgan fingerprint density at radius 3 is 2.55 bits per heavy atom. The second-order valence-corrected chi connectivity index (χ2v) is 8.43. The average molecular weight is 305 g/mol. The van der Waals surface area contributed by atoms with E-state index in [-0.39, 0.29) is 11.3 Å². The minimum atomic E-state index is -2.91. The van der Waals surface area contributed by atoms with Gasteiger partial charge < -0.3 is 10.6 Å². The fourth-order valence-electron chi connectivity index (χ4n) is 3.06. The first-order valence-corrected chi connectivity index (χ1v) is 9.70. The van der Waals surface area contributed by atoms with Crippen molar-refractivity contribution < 1.29 is 8.42 Å². The number of hydrogen-bond donors (Lipinski definition) is 1. The summed E-state index contributed by atoms with van der Waals surface area (Å²) >= 11 is 0. The molecule has 1 fully saturated rings. The van der Waals surface area contributed by atoms with Crippen molar-refractivity contribution in [2.75, 3.05) is 51.8 Å². The Hall–Kier alpha value is -0.170. The summed E-state index contributed by atoms with van der Waals surface area (Å²) in [5.74, 6) is 0.212. The summed E-state index contributed by atoms with van der Waals surface area (Å²) in [6.45, 7) is 6.73. The summed E-state index contributed by atoms with van der Waals surface area (Å²) in [7, 11) is -0.893. The zero-order valence-electron chi connectivity index (χ0n) is 13.3. The first-order valence-electron chi connectivity index (χ1n) is 7.64. The summed E-state index contributed by atoms with van der Waals surface area (Å²) in [4.78, 5) is 4.69. The molecule has 0 radical (unpaired) electrons. The lowest BCUT2D eigenvalue weighted by Crippen LogP contribution is -2.53. The van der Waals surface area contributed by atoms with E-state index in [2.05, 4.69) is 16.7 Å². The highest BCUT2D eigenvalue weighted by molar-refractivity contribution is 7.90. The van der Waals surface area contributed by atoms with Crippen molar-refractivity contribution in [3.05, 3.63) is 0 Å². The summed E-state index contributed by atoms with van der Waals surface area (Å²) in [5.41, 5.74) is 6.02. The highest BCUT2D eigenvalue weighted by atomic mass is 32.2. The molecule has 1 aliphatic heterocycles. The quantitative estimate of drug-likeness (QED) is 0.744. The van der Waals surface area contributed by atoms with Gasteiger partial charge in [0.1, 0.15) is 9.84 Å². The Kier molecular flexibility index (Phi) is 6.91. The monoisotopic (exact) mass is 305 g/mol. The third-order valence-electron chi connectivity index (χ3n) is 4.54. The van der Waals surface area contributed by atoms with Crippen molar-refractivity contribution in [3.63, 3.8) is 0 Å². The van der Waals surface area contributed by atoms with Crippen molar-refractivity contribution in [3.8, 4) is 0 Å². The number of likely N-dealkylation sites (N-methyl/N-ethyl adjacent to an activating group) is 1. The molecule has 1 heterocycles. The number of likely N-dealkylation sites (tertiary alicyclic amines) is 1. The summed E-state index contributed by atoms with van der Waals surface area (Å²) in [6, 6.07) is 0. The highest BCUT2D eigenvalue weighted by Crippen LogP contribution is 2.27. The van der Waals surface area contributed by atoms with Gasteiger partial charge in [0, 0.05) is 24.9 Å². The summed E-state index contributed by atoms with van der Waals surface area (Å²) in [5, 5.41) is 0. The maximum atomic E-state index is 11.4. The van der Waals surface area contributed by atoms with E-state index in [1.807, 2.05) is 7.05 Å². The van der Waals surface area contributed by atoms with Gasteiger partial charge >= 0.3 is 0 Å². The van der Waals surface area contributed by atoms with Gasteiger partial charge in [-0.15, -0.1) is 0 Å². The van der Waals surface area contributed by atoms with Crippen LogP contribution in [0.5, 0.6) is 0 Å². The van der Waals surface area contributed by atoms with Gasteiger partial charge in [-0.1, -0.05) is 6.92 Å². The Labute approximate surface area is 124 Å². The van der Waals surface area contributed by atoms with Crippen molar-refractivity contribution in [2.45, 2.75) is 38.1 Å². The van der Waals surface area contributed by atoms with Gasteiger partial charge in [-0.2, -0.15) is 0 Å². The molecule has 1 rings (SSSR count). The lowest BCUT2D eigenvalue weighted by molar-refractivity contribution is 0.114. The van der Waals surface area contributed by atoms with E-state index in [1.165, 1.54) is 12.7 Å². The zero-order chi connectivity index (χ0) is 15.2. The number of hydrogen-bond acceptors (Lipinski definition) is 5. The molecule has 0 aromatic carbocycles. The first kappa shape index (κ1) is 17.9. The molecule has 2 N–H and O–H groups in total. The molecular weight excluding hydrogens is 274 g/mol. The Morgan fingerprint density at radius 1 is 1.30 bits per heavy atom. The second-order valence-electron chi connectivity index (χ2n) is 6.18. The molecule has 0 aromatic rings. The van der Waals surface area contributed by atoms with Crippen LogP contribution in [0.2, 0.25) is 0 Å². The molecule has 0 aliphatic carbocycles. The number of sulfone groups is 1. The summed E-state index contributed by atoms with van der Waals surface area (Å²) in [6.07, 6.45) is 5.71. The molecule has 0 spiro atoms. The minimum Gasteiger partial charge on any atom is -0.329 e. The van der Waals surface area contributed by atoms with E-state index in [4.69, 9.17) is 5.73 Å². The van der Waals surface area contributed by atoms with E-state index in [9.17, 15) is 8.42 Å². The van der Waals surface area contributed by atoms with Crippen molar-refractivity contribution in [1.29, 1.82) is 0 Å². The predicted molar refractivity (Wildman–Crippen MR) is 84.7 cm³/mol. The Balaban J connectivity index is 2.66. The van der Waals surface area contributed by atoms with Crippen LogP contribution in [0.15, 0.2) is 0 Å². The van der Waals surface area contributed by atoms with E-state index < -0.39 is 9.84 Å². The Morgan fingerprint density at radius 2 is 2.00 bits per heavy atom. The van der Waals surface area contributed by atoms with E-state index in [1.54, 1.807) is 0 Å². The molecule has 1 unspecified atom stereocenters. The maximum absolute atomic E-state index is 11.4. The van der Waals surface area contributed by atoms with Crippen LogP contribution in [-0.4, -0.2) is 75.5 Å². The lowest BCUT2D eigenvalue weighted by Gasteiger charge is -2.41. The number of rotatable bonds is 7. The molecule has 1 atom stereocenters. The third-order valence-corrected chi connectivity index (χ3v) is 5.46. The SMILES string of the molecule is CCCN1CCCC(CN)(N(C)CCS(C)(=O)=O)CC1. The number of nitrogens with zero attached hydrogens (tertiary/aromatic N) is 2. The van der Waals surface area contributed by atoms with Crippen LogP contribution in [0.25, 0.3) is 0 Å². The molecule has 0 amide bonds. The molecular formula is C14H31N3O2S. The second kappa shape index (κ2) is 7.73.